The molecule has 1 aliphatic rings. The minimum atomic E-state index is -4.93. The van der Waals surface area contributed by atoms with Crippen molar-refractivity contribution in [1.82, 2.24) is 20.9 Å². The van der Waals surface area contributed by atoms with Gasteiger partial charge in [-0.3, -0.25) is 19.9 Å². The van der Waals surface area contributed by atoms with Crippen LogP contribution in [-0.4, -0.2) is 29.4 Å². The van der Waals surface area contributed by atoms with Gasteiger partial charge >= 0.3 is 18.4 Å². The number of amides is 4. The molecular formula is C24H16F6N4O3. The van der Waals surface area contributed by atoms with Crippen molar-refractivity contribution < 1.29 is 40.7 Å². The highest BCUT2D eigenvalue weighted by atomic mass is 19.4. The third kappa shape index (κ3) is 4.97. The van der Waals surface area contributed by atoms with Gasteiger partial charge in [-0.1, -0.05) is 30.3 Å². The Balaban J connectivity index is 1.67. The Hall–Kier alpha value is -4.42. The predicted molar refractivity (Wildman–Crippen MR) is 117 cm³/mol. The second-order valence-corrected chi connectivity index (χ2v) is 8.01. The average Bonchev–Trinajstić information content (AvgIpc) is 3.15. The number of nitrogens with one attached hydrogen (secondary N) is 3. The monoisotopic (exact) mass is 522 g/mol. The van der Waals surface area contributed by atoms with Gasteiger partial charge in [0.05, 0.1) is 23.4 Å². The molecule has 3 N–H and O–H groups in total. The Labute approximate surface area is 204 Å². The first-order valence-electron chi connectivity index (χ1n) is 10.5. The number of carbonyl (C=O) groups excluding carboxylic acids is 3. The molecule has 1 fully saturated rings. The van der Waals surface area contributed by atoms with Crippen LogP contribution in [0.5, 0.6) is 0 Å². The largest absolute Gasteiger partial charge is 0.418 e. The van der Waals surface area contributed by atoms with Crippen molar-refractivity contribution in [3.8, 4) is 11.1 Å². The highest BCUT2D eigenvalue weighted by Crippen LogP contribution is 2.37. The Morgan fingerprint density at radius 3 is 2.16 bits per heavy atom. The van der Waals surface area contributed by atoms with E-state index in [1.165, 1.54) is 30.3 Å². The van der Waals surface area contributed by atoms with Crippen molar-refractivity contribution >= 4 is 17.8 Å². The van der Waals surface area contributed by atoms with Crippen LogP contribution < -0.4 is 16.0 Å². The van der Waals surface area contributed by atoms with Crippen LogP contribution in [0, 0.1) is 0 Å². The molecule has 0 aliphatic carbocycles. The molecule has 0 radical (unpaired) electrons. The maximum absolute atomic E-state index is 13.7. The number of rotatable bonds is 5. The number of hydrogen-bond acceptors (Lipinski definition) is 4. The van der Waals surface area contributed by atoms with E-state index in [4.69, 9.17) is 0 Å². The molecule has 2 aromatic carbocycles. The molecule has 4 rings (SSSR count). The van der Waals surface area contributed by atoms with Crippen molar-refractivity contribution in [2.75, 3.05) is 6.54 Å². The van der Waals surface area contributed by atoms with E-state index in [0.29, 0.717) is 6.07 Å². The van der Waals surface area contributed by atoms with E-state index in [1.807, 2.05) is 5.32 Å². The van der Waals surface area contributed by atoms with Crippen molar-refractivity contribution in [2.24, 2.45) is 0 Å². The normalized spacial score (nSPS) is 17.8. The number of alkyl halides is 6. The Morgan fingerprint density at radius 2 is 1.57 bits per heavy atom. The van der Waals surface area contributed by atoms with E-state index in [0.717, 1.165) is 24.4 Å². The molecule has 2 heterocycles. The first-order chi connectivity index (χ1) is 17.3. The lowest BCUT2D eigenvalue weighted by Crippen LogP contribution is -2.54. The van der Waals surface area contributed by atoms with Gasteiger partial charge in [0.15, 0.2) is 5.54 Å². The predicted octanol–water partition coefficient (Wildman–Crippen LogP) is 4.25. The summed E-state index contributed by atoms with van der Waals surface area (Å²) in [6, 6.07) is 10.5. The third-order valence-electron chi connectivity index (χ3n) is 5.67. The summed E-state index contributed by atoms with van der Waals surface area (Å²) >= 11 is 0. The van der Waals surface area contributed by atoms with E-state index in [2.05, 4.69) is 15.6 Å². The van der Waals surface area contributed by atoms with Crippen molar-refractivity contribution in [1.29, 1.82) is 0 Å². The Kier molecular flexibility index (Phi) is 6.40. The van der Waals surface area contributed by atoms with Crippen molar-refractivity contribution in [2.45, 2.75) is 17.9 Å². The molecule has 1 saturated heterocycles. The molecule has 1 aliphatic heterocycles. The van der Waals surface area contributed by atoms with Gasteiger partial charge in [-0.2, -0.15) is 26.3 Å². The molecule has 1 aromatic heterocycles. The number of imide groups is 1. The second kappa shape index (κ2) is 9.22. The zero-order valence-electron chi connectivity index (χ0n) is 18.5. The van der Waals surface area contributed by atoms with Gasteiger partial charge in [-0.25, -0.2) is 4.79 Å². The van der Waals surface area contributed by atoms with E-state index in [1.54, 1.807) is 6.07 Å². The summed E-state index contributed by atoms with van der Waals surface area (Å²) in [6.07, 6.45) is -8.48. The van der Waals surface area contributed by atoms with Crippen LogP contribution in [0.2, 0.25) is 0 Å². The van der Waals surface area contributed by atoms with E-state index in [-0.39, 0.29) is 16.7 Å². The molecule has 7 nitrogen and oxygen atoms in total. The lowest BCUT2D eigenvalue weighted by atomic mass is 9.90. The lowest BCUT2D eigenvalue weighted by Gasteiger charge is -2.28. The Bertz CT molecular complexity index is 1370. The number of urea groups is 1. The van der Waals surface area contributed by atoms with Crippen LogP contribution in [-0.2, 0) is 22.7 Å². The van der Waals surface area contributed by atoms with Gasteiger partial charge in [0.1, 0.15) is 0 Å². The topological polar surface area (TPSA) is 100 Å². The molecule has 3 aromatic rings. The number of benzene rings is 2. The molecular weight excluding hydrogens is 506 g/mol. The highest BCUT2D eigenvalue weighted by molar-refractivity contribution is 6.08. The number of carbonyl (C=O) groups is 3. The van der Waals surface area contributed by atoms with Crippen molar-refractivity contribution in [3.05, 3.63) is 89.2 Å². The second-order valence-electron chi connectivity index (χ2n) is 8.01. The number of pyridine rings is 1. The SMILES string of the molecule is O=C1NC(=O)[C@@](CNC(=O)c2ccccc2-c2ccc(C(F)(F)F)cc2)(c2ncccc2C(F)(F)F)N1. The van der Waals surface area contributed by atoms with Crippen LogP contribution >= 0.6 is 0 Å². The minimum absolute atomic E-state index is 0.0285. The summed E-state index contributed by atoms with van der Waals surface area (Å²) < 4.78 is 79.7. The van der Waals surface area contributed by atoms with Gasteiger partial charge in [0.25, 0.3) is 11.8 Å². The summed E-state index contributed by atoms with van der Waals surface area (Å²) in [5, 5.41) is 6.35. The summed E-state index contributed by atoms with van der Waals surface area (Å²) in [5.41, 5.74) is -4.89. The standard InChI is InChI=1S/C24H16F6N4O3/c25-23(26,27)14-9-7-13(8-10-14)15-4-1-2-5-16(15)19(35)32-12-22(20(36)33-21(37)34-22)18-17(24(28,29)30)6-3-11-31-18/h1-11H,12H2,(H,32,35)(H2,33,34,36,37)/t22-/m1/s1. The van der Waals surface area contributed by atoms with E-state index in [9.17, 15) is 40.7 Å². The van der Waals surface area contributed by atoms with Crippen LogP contribution in [0.15, 0.2) is 66.9 Å². The number of nitrogens with zero attached hydrogens (tertiary/aromatic N) is 1. The summed E-state index contributed by atoms with van der Waals surface area (Å²) in [6.45, 7) is -0.801. The van der Waals surface area contributed by atoms with Gasteiger partial charge < -0.3 is 10.6 Å². The molecule has 0 spiro atoms. The quantitative estimate of drug-likeness (QED) is 0.345. The fraction of sp³-hybridized carbons (Fsp3) is 0.167. The first-order valence-corrected chi connectivity index (χ1v) is 10.5. The molecule has 0 saturated carbocycles. The molecule has 1 atom stereocenters. The average molecular weight is 522 g/mol. The Morgan fingerprint density at radius 1 is 0.892 bits per heavy atom. The maximum atomic E-state index is 13.7. The zero-order valence-corrected chi connectivity index (χ0v) is 18.5. The van der Waals surface area contributed by atoms with Crippen LogP contribution in [0.3, 0.4) is 0 Å². The van der Waals surface area contributed by atoms with Crippen LogP contribution in [0.1, 0.15) is 27.2 Å². The van der Waals surface area contributed by atoms with Gasteiger partial charge in [0, 0.05) is 11.8 Å². The van der Waals surface area contributed by atoms with Crippen molar-refractivity contribution in [3.63, 3.8) is 0 Å². The van der Waals surface area contributed by atoms with Crippen LogP contribution in [0.25, 0.3) is 11.1 Å². The molecule has 37 heavy (non-hydrogen) atoms. The summed E-state index contributed by atoms with van der Waals surface area (Å²) in [7, 11) is 0. The van der Waals surface area contributed by atoms with Gasteiger partial charge in [-0.15, -0.1) is 0 Å². The van der Waals surface area contributed by atoms with E-state index < -0.39 is 59.1 Å². The number of halogens is 6. The minimum Gasteiger partial charge on any atom is -0.349 e. The number of aromatic nitrogens is 1. The lowest BCUT2D eigenvalue weighted by molar-refractivity contribution is -0.140. The summed E-state index contributed by atoms with van der Waals surface area (Å²) in [4.78, 5) is 41.4. The van der Waals surface area contributed by atoms with Gasteiger partial charge in [-0.05, 0) is 41.5 Å². The zero-order chi connectivity index (χ0) is 27.0. The first kappa shape index (κ1) is 25.7. The molecule has 192 valence electrons. The molecule has 0 unspecified atom stereocenters. The molecule has 0 bridgehead atoms. The molecule has 13 heteroatoms. The highest BCUT2D eigenvalue weighted by Gasteiger charge is 2.53. The van der Waals surface area contributed by atoms with Gasteiger partial charge in [0.2, 0.25) is 0 Å². The van der Waals surface area contributed by atoms with Crippen LogP contribution in [0.4, 0.5) is 31.1 Å². The number of hydrogen-bond donors (Lipinski definition) is 3. The summed E-state index contributed by atoms with van der Waals surface area (Å²) in [5.74, 6) is -2.01. The fourth-order valence-corrected chi connectivity index (χ4v) is 3.92. The smallest absolute Gasteiger partial charge is 0.349 e. The third-order valence-corrected chi connectivity index (χ3v) is 5.67. The maximum Gasteiger partial charge on any atom is 0.418 e. The molecule has 4 amide bonds. The van der Waals surface area contributed by atoms with E-state index >= 15 is 0 Å². The fourth-order valence-electron chi connectivity index (χ4n) is 3.92.